The minimum absolute atomic E-state index is 0.0464. The van der Waals surface area contributed by atoms with Crippen molar-refractivity contribution in [1.82, 2.24) is 14.5 Å². The van der Waals surface area contributed by atoms with Crippen LogP contribution in [0.1, 0.15) is 29.8 Å². The average molecular weight is 527 g/mol. The van der Waals surface area contributed by atoms with Crippen molar-refractivity contribution in [2.24, 2.45) is 0 Å². The van der Waals surface area contributed by atoms with Gasteiger partial charge in [0.2, 0.25) is 15.2 Å². The summed E-state index contributed by atoms with van der Waals surface area (Å²) in [6.45, 7) is 4.43. The van der Waals surface area contributed by atoms with Gasteiger partial charge < -0.3 is 5.32 Å². The predicted molar refractivity (Wildman–Crippen MR) is 143 cm³/mol. The summed E-state index contributed by atoms with van der Waals surface area (Å²) in [7, 11) is -3.55. The zero-order valence-corrected chi connectivity index (χ0v) is 21.9. The molecule has 4 rings (SSSR count). The molecule has 0 saturated heterocycles. The molecule has 0 aliphatic rings. The molecular formula is C25H26N4O3S3. The highest BCUT2D eigenvalue weighted by Crippen LogP contribution is 2.30. The van der Waals surface area contributed by atoms with E-state index in [0.29, 0.717) is 23.8 Å². The second kappa shape index (κ2) is 11.3. The fourth-order valence-electron chi connectivity index (χ4n) is 3.68. The summed E-state index contributed by atoms with van der Waals surface area (Å²) in [6.07, 6.45) is 0. The number of sulfonamides is 1. The molecule has 0 saturated carbocycles. The predicted octanol–water partition coefficient (Wildman–Crippen LogP) is 5.31. The number of anilines is 1. The summed E-state index contributed by atoms with van der Waals surface area (Å²) in [5.74, 6) is 0.620. The van der Waals surface area contributed by atoms with Gasteiger partial charge >= 0.3 is 0 Å². The van der Waals surface area contributed by atoms with Crippen LogP contribution in [0.2, 0.25) is 0 Å². The van der Waals surface area contributed by atoms with Crippen LogP contribution in [0.15, 0.2) is 76.0 Å². The first kappa shape index (κ1) is 25.3. The Balaban J connectivity index is 1.33. The van der Waals surface area contributed by atoms with Gasteiger partial charge in [-0.15, -0.1) is 10.2 Å². The van der Waals surface area contributed by atoms with E-state index in [1.54, 1.807) is 37.7 Å². The van der Waals surface area contributed by atoms with E-state index >= 15 is 0 Å². The lowest BCUT2D eigenvalue weighted by molar-refractivity contribution is 0.101. The topological polar surface area (TPSA) is 92.3 Å². The Bertz CT molecular complexity index is 1410. The standard InChI is InChI=1S/C25H26N4O3S3/c1-3-29(4-2)35(31,32)21-14-12-19(13-15-21)23(30)16-26-24-27-28-25(34-24)33-17-20-10-7-9-18-8-5-6-11-22(18)20/h5-15H,3-4,16-17H2,1-2H3,(H,26,27). The Labute approximate surface area is 213 Å². The Morgan fingerprint density at radius 2 is 1.69 bits per heavy atom. The molecule has 1 aromatic heterocycles. The van der Waals surface area contributed by atoms with E-state index in [1.807, 2.05) is 12.1 Å². The highest BCUT2D eigenvalue weighted by molar-refractivity contribution is 8.00. The van der Waals surface area contributed by atoms with Gasteiger partial charge in [0.15, 0.2) is 10.1 Å². The summed E-state index contributed by atoms with van der Waals surface area (Å²) < 4.78 is 27.4. The van der Waals surface area contributed by atoms with Crippen LogP contribution in [0, 0.1) is 0 Å². The molecule has 10 heteroatoms. The molecule has 0 atom stereocenters. The molecule has 1 N–H and O–H groups in total. The van der Waals surface area contributed by atoms with Crippen LogP contribution in [0.25, 0.3) is 10.8 Å². The molecule has 0 radical (unpaired) electrons. The van der Waals surface area contributed by atoms with Crippen LogP contribution in [0.5, 0.6) is 0 Å². The van der Waals surface area contributed by atoms with Crippen molar-refractivity contribution < 1.29 is 13.2 Å². The van der Waals surface area contributed by atoms with Crippen LogP contribution in [-0.4, -0.2) is 48.3 Å². The van der Waals surface area contributed by atoms with Crippen molar-refractivity contribution >= 4 is 54.8 Å². The first-order chi connectivity index (χ1) is 16.9. The van der Waals surface area contributed by atoms with Crippen molar-refractivity contribution in [2.45, 2.75) is 28.8 Å². The second-order valence-corrected chi connectivity index (χ2v) is 11.8. The van der Waals surface area contributed by atoms with Gasteiger partial charge in [-0.1, -0.05) is 79.4 Å². The SMILES string of the molecule is CCN(CC)S(=O)(=O)c1ccc(C(=O)CNc2nnc(SCc3cccc4ccccc34)s2)cc1. The monoisotopic (exact) mass is 526 g/mol. The average Bonchev–Trinajstić information content (AvgIpc) is 3.34. The maximum Gasteiger partial charge on any atom is 0.243 e. The summed E-state index contributed by atoms with van der Waals surface area (Å²) in [6, 6.07) is 20.6. The lowest BCUT2D eigenvalue weighted by atomic mass is 10.1. The van der Waals surface area contributed by atoms with Crippen molar-refractivity contribution in [3.63, 3.8) is 0 Å². The number of carbonyl (C=O) groups excluding carboxylic acids is 1. The van der Waals surface area contributed by atoms with Gasteiger partial charge in [0, 0.05) is 24.4 Å². The number of benzene rings is 3. The molecule has 182 valence electrons. The third-order valence-electron chi connectivity index (χ3n) is 5.56. The van der Waals surface area contributed by atoms with E-state index in [2.05, 4.69) is 45.8 Å². The van der Waals surface area contributed by atoms with E-state index in [0.717, 1.165) is 10.1 Å². The molecule has 7 nitrogen and oxygen atoms in total. The Hall–Kier alpha value is -2.79. The smallest absolute Gasteiger partial charge is 0.243 e. The molecule has 0 bridgehead atoms. The van der Waals surface area contributed by atoms with Gasteiger partial charge in [-0.05, 0) is 40.6 Å². The Morgan fingerprint density at radius 3 is 2.43 bits per heavy atom. The fourth-order valence-corrected chi connectivity index (χ4v) is 6.89. The van der Waals surface area contributed by atoms with Gasteiger partial charge in [0.25, 0.3) is 0 Å². The lowest BCUT2D eigenvalue weighted by Crippen LogP contribution is -2.30. The lowest BCUT2D eigenvalue weighted by Gasteiger charge is -2.18. The van der Waals surface area contributed by atoms with Crippen molar-refractivity contribution in [1.29, 1.82) is 0 Å². The number of hydrogen-bond acceptors (Lipinski definition) is 8. The van der Waals surface area contributed by atoms with E-state index in [9.17, 15) is 13.2 Å². The van der Waals surface area contributed by atoms with Crippen molar-refractivity contribution in [3.05, 3.63) is 77.9 Å². The molecule has 3 aromatic carbocycles. The maximum atomic E-state index is 12.6. The van der Waals surface area contributed by atoms with Crippen molar-refractivity contribution in [2.75, 3.05) is 25.0 Å². The highest BCUT2D eigenvalue weighted by Gasteiger charge is 2.21. The minimum Gasteiger partial charge on any atom is -0.353 e. The van der Waals surface area contributed by atoms with Gasteiger partial charge in [0.1, 0.15) is 0 Å². The number of ketones is 1. The number of rotatable bonds is 11. The van der Waals surface area contributed by atoms with Crippen LogP contribution >= 0.6 is 23.1 Å². The molecule has 0 amide bonds. The summed E-state index contributed by atoms with van der Waals surface area (Å²) in [5, 5.41) is 14.4. The van der Waals surface area contributed by atoms with E-state index in [-0.39, 0.29) is 17.2 Å². The van der Waals surface area contributed by atoms with E-state index in [1.165, 1.54) is 44.1 Å². The van der Waals surface area contributed by atoms with Gasteiger partial charge in [-0.2, -0.15) is 4.31 Å². The number of hydrogen-bond donors (Lipinski definition) is 1. The molecule has 0 aliphatic carbocycles. The number of thioether (sulfide) groups is 1. The Kier molecular flexibility index (Phi) is 8.17. The van der Waals surface area contributed by atoms with Gasteiger partial charge in [-0.3, -0.25) is 4.79 Å². The molecule has 35 heavy (non-hydrogen) atoms. The first-order valence-electron chi connectivity index (χ1n) is 11.2. The number of nitrogens with zero attached hydrogens (tertiary/aromatic N) is 3. The van der Waals surface area contributed by atoms with Crippen LogP contribution in [0.3, 0.4) is 0 Å². The highest BCUT2D eigenvalue weighted by atomic mass is 32.2. The molecule has 0 fully saturated rings. The van der Waals surface area contributed by atoms with Crippen LogP contribution in [0.4, 0.5) is 5.13 Å². The molecule has 0 unspecified atom stereocenters. The number of Topliss-reactive ketones (excluding diaryl/α,β-unsaturated/α-hetero) is 1. The third kappa shape index (κ3) is 5.90. The molecular weight excluding hydrogens is 501 g/mol. The number of nitrogens with one attached hydrogen (secondary N) is 1. The van der Waals surface area contributed by atoms with Crippen molar-refractivity contribution in [3.8, 4) is 0 Å². The molecule has 0 aliphatic heterocycles. The summed E-state index contributed by atoms with van der Waals surface area (Å²) in [5.41, 5.74) is 1.67. The first-order valence-corrected chi connectivity index (χ1v) is 14.5. The maximum absolute atomic E-state index is 12.6. The number of carbonyl (C=O) groups is 1. The normalized spacial score (nSPS) is 11.7. The zero-order chi connectivity index (χ0) is 24.8. The molecule has 4 aromatic rings. The van der Waals surface area contributed by atoms with Gasteiger partial charge in [0.05, 0.1) is 11.4 Å². The fraction of sp³-hybridized carbons (Fsp3) is 0.240. The summed E-state index contributed by atoms with van der Waals surface area (Å²) >= 11 is 3.01. The molecule has 0 spiro atoms. The van der Waals surface area contributed by atoms with E-state index in [4.69, 9.17) is 0 Å². The number of fused-ring (bicyclic) bond motifs is 1. The van der Waals surface area contributed by atoms with E-state index < -0.39 is 10.0 Å². The zero-order valence-electron chi connectivity index (χ0n) is 19.5. The number of aromatic nitrogens is 2. The Morgan fingerprint density at radius 1 is 0.971 bits per heavy atom. The van der Waals surface area contributed by atoms with Crippen LogP contribution < -0.4 is 5.32 Å². The largest absolute Gasteiger partial charge is 0.353 e. The minimum atomic E-state index is -3.55. The van der Waals surface area contributed by atoms with Crippen LogP contribution in [-0.2, 0) is 15.8 Å². The quantitative estimate of drug-likeness (QED) is 0.209. The molecule has 1 heterocycles. The summed E-state index contributed by atoms with van der Waals surface area (Å²) in [4.78, 5) is 12.8. The third-order valence-corrected chi connectivity index (χ3v) is 9.68. The second-order valence-electron chi connectivity index (χ2n) is 7.69. The van der Waals surface area contributed by atoms with Gasteiger partial charge in [-0.25, -0.2) is 8.42 Å².